The average molecular weight is 389 g/mol. The van der Waals surface area contributed by atoms with Gasteiger partial charge >= 0.3 is 6.03 Å². The fourth-order valence-electron chi connectivity index (χ4n) is 2.84. The number of benzene rings is 2. The van der Waals surface area contributed by atoms with Crippen molar-refractivity contribution in [2.24, 2.45) is 5.73 Å². The van der Waals surface area contributed by atoms with Gasteiger partial charge in [0.05, 0.1) is 5.69 Å². The van der Waals surface area contributed by atoms with Crippen LogP contribution in [0.2, 0.25) is 0 Å². The van der Waals surface area contributed by atoms with Crippen molar-refractivity contribution in [3.05, 3.63) is 77.4 Å². The monoisotopic (exact) mass is 389 g/mol. The number of pyridine rings is 1. The number of hydrogen-bond acceptors (Lipinski definition) is 2. The fourth-order valence-corrected chi connectivity index (χ4v) is 2.84. The molecule has 0 unspecified atom stereocenters. The molecule has 4 nitrogen and oxygen atoms in total. The number of primary amides is 1. The number of hydrogen-bond donors (Lipinski definition) is 1. The fraction of sp³-hybridized carbons (Fsp3) is 0.100. The van der Waals surface area contributed by atoms with Gasteiger partial charge in [0.15, 0.2) is 0 Å². The second kappa shape index (κ2) is 7.67. The Balaban J connectivity index is 2.23. The molecule has 3 rings (SSSR count). The molecule has 28 heavy (non-hydrogen) atoms. The predicted molar refractivity (Wildman–Crippen MR) is 97.0 cm³/mol. The minimum absolute atomic E-state index is 0.0153. The van der Waals surface area contributed by atoms with Crippen LogP contribution in [0.3, 0.4) is 0 Å². The van der Waals surface area contributed by atoms with E-state index in [9.17, 15) is 22.4 Å². The number of carbonyl (C=O) groups is 1. The number of anilines is 2. The number of nitrogens with two attached hydrogens (primary N) is 1. The molecule has 8 heteroatoms. The van der Waals surface area contributed by atoms with E-state index in [1.807, 2.05) is 0 Å². The third kappa shape index (κ3) is 3.53. The molecule has 0 fully saturated rings. The molecule has 144 valence electrons. The van der Waals surface area contributed by atoms with Gasteiger partial charge in [-0.1, -0.05) is 19.1 Å². The summed E-state index contributed by atoms with van der Waals surface area (Å²) in [7, 11) is 0. The van der Waals surface area contributed by atoms with Gasteiger partial charge in [-0.2, -0.15) is 0 Å². The van der Waals surface area contributed by atoms with Gasteiger partial charge in [-0.3, -0.25) is 0 Å². The molecule has 3 aromatic rings. The maximum absolute atomic E-state index is 14.3. The van der Waals surface area contributed by atoms with Gasteiger partial charge in [-0.05, 0) is 42.3 Å². The molecule has 0 aliphatic heterocycles. The number of urea groups is 1. The van der Waals surface area contributed by atoms with Gasteiger partial charge in [-0.25, -0.2) is 32.2 Å². The van der Waals surface area contributed by atoms with E-state index < -0.39 is 35.0 Å². The van der Waals surface area contributed by atoms with E-state index in [1.165, 1.54) is 18.2 Å². The van der Waals surface area contributed by atoms with Gasteiger partial charge in [0.25, 0.3) is 0 Å². The van der Waals surface area contributed by atoms with Crippen molar-refractivity contribution >= 4 is 17.5 Å². The summed E-state index contributed by atoms with van der Waals surface area (Å²) >= 11 is 0. The van der Waals surface area contributed by atoms with Crippen LogP contribution in [0.4, 0.5) is 33.9 Å². The van der Waals surface area contributed by atoms with E-state index in [1.54, 1.807) is 6.92 Å². The molecule has 1 heterocycles. The van der Waals surface area contributed by atoms with Crippen LogP contribution in [0.25, 0.3) is 11.3 Å². The Morgan fingerprint density at radius 1 is 1.00 bits per heavy atom. The highest BCUT2D eigenvalue weighted by Gasteiger charge is 2.25. The van der Waals surface area contributed by atoms with Crippen LogP contribution < -0.4 is 10.6 Å². The summed E-state index contributed by atoms with van der Waals surface area (Å²) in [6, 6.07) is 7.75. The van der Waals surface area contributed by atoms with Crippen molar-refractivity contribution in [3.63, 3.8) is 0 Å². The van der Waals surface area contributed by atoms with Crippen LogP contribution in [-0.2, 0) is 6.42 Å². The van der Waals surface area contributed by atoms with Crippen molar-refractivity contribution < 1.29 is 22.4 Å². The summed E-state index contributed by atoms with van der Waals surface area (Å²) in [5.41, 5.74) is 5.33. The molecular weight excluding hydrogens is 374 g/mol. The Kier molecular flexibility index (Phi) is 5.30. The van der Waals surface area contributed by atoms with E-state index in [0.717, 1.165) is 24.3 Å². The van der Waals surface area contributed by atoms with Crippen LogP contribution >= 0.6 is 0 Å². The van der Waals surface area contributed by atoms with Gasteiger partial charge in [0.2, 0.25) is 0 Å². The molecule has 0 saturated carbocycles. The third-order valence-electron chi connectivity index (χ3n) is 4.14. The second-order valence-electron chi connectivity index (χ2n) is 5.90. The van der Waals surface area contributed by atoms with Crippen molar-refractivity contribution in [1.29, 1.82) is 0 Å². The first-order valence-electron chi connectivity index (χ1n) is 8.32. The summed E-state index contributed by atoms with van der Waals surface area (Å²) in [6.45, 7) is 1.80. The molecule has 0 radical (unpaired) electrons. The lowest BCUT2D eigenvalue weighted by molar-refractivity contribution is 0.255. The van der Waals surface area contributed by atoms with Crippen molar-refractivity contribution in [2.75, 3.05) is 4.90 Å². The lowest BCUT2D eigenvalue weighted by Gasteiger charge is -2.22. The Morgan fingerprint density at radius 2 is 1.68 bits per heavy atom. The Hall–Kier alpha value is -3.42. The van der Waals surface area contributed by atoms with Crippen LogP contribution in [0, 0.1) is 23.3 Å². The molecular formula is C20H15F4N3O. The minimum atomic E-state index is -1.17. The maximum atomic E-state index is 14.3. The van der Waals surface area contributed by atoms with Gasteiger partial charge < -0.3 is 5.73 Å². The van der Waals surface area contributed by atoms with Gasteiger partial charge in [0.1, 0.15) is 34.8 Å². The van der Waals surface area contributed by atoms with Crippen LogP contribution in [0.5, 0.6) is 0 Å². The Morgan fingerprint density at radius 3 is 2.25 bits per heavy atom. The van der Waals surface area contributed by atoms with E-state index in [-0.39, 0.29) is 17.1 Å². The SMILES string of the molecule is CCc1ccc(N(C(N)=O)c2c(F)cccc2F)nc1-c1ccc(F)cc1F. The van der Waals surface area contributed by atoms with Crippen molar-refractivity contribution in [2.45, 2.75) is 13.3 Å². The largest absolute Gasteiger partial charge is 0.351 e. The molecule has 2 N–H and O–H groups in total. The molecule has 0 atom stereocenters. The molecule has 1 aromatic heterocycles. The number of rotatable bonds is 4. The normalized spacial score (nSPS) is 10.8. The number of aryl methyl sites for hydroxylation is 1. The predicted octanol–water partition coefficient (Wildman–Crippen LogP) is 5.08. The smallest absolute Gasteiger partial charge is 0.325 e. The van der Waals surface area contributed by atoms with Crippen LogP contribution in [0.1, 0.15) is 12.5 Å². The van der Waals surface area contributed by atoms with Crippen LogP contribution in [-0.4, -0.2) is 11.0 Å². The molecule has 0 saturated heterocycles. The van der Waals surface area contributed by atoms with Gasteiger partial charge in [0, 0.05) is 11.6 Å². The van der Waals surface area contributed by atoms with E-state index >= 15 is 0 Å². The Labute approximate surface area is 158 Å². The average Bonchev–Trinajstić information content (AvgIpc) is 2.64. The highest BCUT2D eigenvalue weighted by molar-refractivity contribution is 5.98. The minimum Gasteiger partial charge on any atom is -0.351 e. The quantitative estimate of drug-likeness (QED) is 0.633. The zero-order valence-corrected chi connectivity index (χ0v) is 14.7. The third-order valence-corrected chi connectivity index (χ3v) is 4.14. The maximum Gasteiger partial charge on any atom is 0.325 e. The van der Waals surface area contributed by atoms with Gasteiger partial charge in [-0.15, -0.1) is 0 Å². The number of nitrogens with zero attached hydrogens (tertiary/aromatic N) is 2. The second-order valence-corrected chi connectivity index (χ2v) is 5.90. The molecule has 0 aliphatic rings. The summed E-state index contributed by atoms with van der Waals surface area (Å²) in [4.78, 5) is 16.7. The standard InChI is InChI=1S/C20H15F4N3O/c1-2-11-6-9-17(26-18(11)13-8-7-12(21)10-16(13)24)27(20(25)28)19-14(22)4-3-5-15(19)23/h3-10H,2H2,1H3,(H2,25,28). The zero-order chi connectivity index (χ0) is 20.4. The summed E-state index contributed by atoms with van der Waals surface area (Å²) in [5.74, 6) is -3.86. The lowest BCUT2D eigenvalue weighted by Crippen LogP contribution is -2.33. The lowest BCUT2D eigenvalue weighted by atomic mass is 10.0. The molecule has 0 bridgehead atoms. The van der Waals surface area contributed by atoms with Crippen LogP contribution in [0.15, 0.2) is 48.5 Å². The zero-order valence-electron chi connectivity index (χ0n) is 14.7. The van der Waals surface area contributed by atoms with Crippen molar-refractivity contribution in [3.8, 4) is 11.3 Å². The number of para-hydroxylation sites is 1. The first-order chi connectivity index (χ1) is 13.3. The van der Waals surface area contributed by atoms with Crippen molar-refractivity contribution in [1.82, 2.24) is 4.98 Å². The number of halogens is 4. The van der Waals surface area contributed by atoms with E-state index in [4.69, 9.17) is 5.73 Å². The first-order valence-corrected chi connectivity index (χ1v) is 8.32. The molecule has 2 aromatic carbocycles. The molecule has 0 spiro atoms. The number of amides is 2. The highest BCUT2D eigenvalue weighted by atomic mass is 19.1. The Bertz CT molecular complexity index is 1040. The summed E-state index contributed by atoms with van der Waals surface area (Å²) < 4.78 is 56.0. The van der Waals surface area contributed by atoms with E-state index in [0.29, 0.717) is 23.0 Å². The van der Waals surface area contributed by atoms with E-state index in [2.05, 4.69) is 4.98 Å². The first kappa shape index (κ1) is 19.3. The topological polar surface area (TPSA) is 59.2 Å². The summed E-state index contributed by atoms with van der Waals surface area (Å²) in [6.07, 6.45) is 0.448. The molecule has 0 aliphatic carbocycles. The molecule has 2 amide bonds. The summed E-state index contributed by atoms with van der Waals surface area (Å²) in [5, 5.41) is 0. The highest BCUT2D eigenvalue weighted by Crippen LogP contribution is 2.33. The number of carbonyl (C=O) groups excluding carboxylic acids is 1. The number of aromatic nitrogens is 1.